The van der Waals surface area contributed by atoms with E-state index < -0.39 is 65.8 Å². The third-order valence-electron chi connectivity index (χ3n) is 8.40. The van der Waals surface area contributed by atoms with Crippen LogP contribution in [0.4, 0.5) is 48.3 Å². The van der Waals surface area contributed by atoms with Crippen molar-refractivity contribution in [1.29, 1.82) is 0 Å². The zero-order chi connectivity index (χ0) is 40.3. The molecule has 3 aromatic rings. The molecule has 54 heavy (non-hydrogen) atoms. The van der Waals surface area contributed by atoms with E-state index in [2.05, 4.69) is 11.7 Å². The second-order valence-corrected chi connectivity index (χ2v) is 12.6. The zero-order valence-electron chi connectivity index (χ0n) is 29.3. The quantitative estimate of drug-likeness (QED) is 0.0649. The number of benzene rings is 3. The number of carbonyl (C=O) groups excluding carboxylic acids is 2. The van der Waals surface area contributed by atoms with Gasteiger partial charge in [-0.1, -0.05) is 68.7 Å². The van der Waals surface area contributed by atoms with E-state index in [1.54, 1.807) is 55.5 Å². The Balaban J connectivity index is 1.43. The smallest absolute Gasteiger partial charge is 0.460 e. The van der Waals surface area contributed by atoms with Gasteiger partial charge in [-0.2, -0.15) is 39.5 Å². The van der Waals surface area contributed by atoms with Crippen molar-refractivity contribution in [2.24, 2.45) is 0 Å². The number of esters is 2. The van der Waals surface area contributed by atoms with Crippen molar-refractivity contribution < 1.29 is 72.1 Å². The molecule has 0 aromatic heterocycles. The Morgan fingerprint density at radius 3 is 1.74 bits per heavy atom. The molecule has 1 atom stereocenters. The number of hydrogen-bond donors (Lipinski definition) is 0. The van der Waals surface area contributed by atoms with Crippen LogP contribution in [-0.4, -0.2) is 55.2 Å². The summed E-state index contributed by atoms with van der Waals surface area (Å²) in [7, 11) is 0. The van der Waals surface area contributed by atoms with E-state index in [-0.39, 0.29) is 25.0 Å². The average Bonchev–Trinajstić information content (AvgIpc) is 3.12. The Morgan fingerprint density at radius 2 is 1.17 bits per heavy atom. The summed E-state index contributed by atoms with van der Waals surface area (Å²) in [5.41, 5.74) is 1.37. The summed E-state index contributed by atoms with van der Waals surface area (Å²) in [4.78, 5) is 23.8. The van der Waals surface area contributed by atoms with Crippen LogP contribution in [0.1, 0.15) is 82.0 Å². The van der Waals surface area contributed by atoms with E-state index in [4.69, 9.17) is 9.47 Å². The highest BCUT2D eigenvalue weighted by Crippen LogP contribution is 2.53. The summed E-state index contributed by atoms with van der Waals surface area (Å²) < 4.78 is 161. The monoisotopic (exact) mass is 784 g/mol. The highest BCUT2D eigenvalue weighted by molar-refractivity contribution is 5.90. The van der Waals surface area contributed by atoms with Crippen molar-refractivity contribution in [3.05, 3.63) is 77.9 Å². The maximum atomic E-state index is 15.1. The number of hydrogen-bond acceptors (Lipinski definition) is 5. The molecule has 5 nitrogen and oxygen atoms in total. The molecule has 0 heterocycles. The molecule has 0 saturated carbocycles. The van der Waals surface area contributed by atoms with Gasteiger partial charge in [-0.3, -0.25) is 0 Å². The van der Waals surface area contributed by atoms with Crippen LogP contribution in [-0.2, 0) is 14.3 Å². The third kappa shape index (κ3) is 10.6. The van der Waals surface area contributed by atoms with E-state index >= 15 is 4.39 Å². The van der Waals surface area contributed by atoms with E-state index in [0.29, 0.717) is 30.6 Å². The minimum absolute atomic E-state index is 0.0358. The van der Waals surface area contributed by atoms with E-state index in [0.717, 1.165) is 36.8 Å². The Labute approximate surface area is 304 Å². The molecule has 0 radical (unpaired) electrons. The van der Waals surface area contributed by atoms with Gasteiger partial charge in [-0.15, -0.1) is 0 Å². The topological polar surface area (TPSA) is 61.8 Å². The largest absolute Gasteiger partial charge is 0.494 e. The first kappa shape index (κ1) is 44.0. The molecule has 0 saturated heterocycles. The molecule has 16 heteroatoms. The van der Waals surface area contributed by atoms with E-state index in [1.165, 1.54) is 12.1 Å². The van der Waals surface area contributed by atoms with Crippen LogP contribution in [0.5, 0.6) is 5.75 Å². The van der Waals surface area contributed by atoms with Gasteiger partial charge in [-0.25, -0.2) is 18.4 Å². The van der Waals surface area contributed by atoms with Gasteiger partial charge in [0.15, 0.2) is 11.6 Å². The summed E-state index contributed by atoms with van der Waals surface area (Å²) in [6, 6.07) is 15.9. The molecule has 0 amide bonds. The Bertz CT molecular complexity index is 1670. The van der Waals surface area contributed by atoms with E-state index in [1.807, 2.05) is 0 Å². The first-order valence-electron chi connectivity index (χ1n) is 17.2. The fourth-order valence-corrected chi connectivity index (χ4v) is 5.19. The molecule has 1 unspecified atom stereocenters. The first-order chi connectivity index (χ1) is 25.3. The van der Waals surface area contributed by atoms with Crippen molar-refractivity contribution in [3.63, 3.8) is 0 Å². The molecular formula is C38H39F11O5. The van der Waals surface area contributed by atoms with Crippen molar-refractivity contribution >= 4 is 11.9 Å². The van der Waals surface area contributed by atoms with Crippen LogP contribution in [0.15, 0.2) is 60.7 Å². The Hall–Kier alpha value is -4.37. The minimum atomic E-state index is -7.18. The molecule has 0 spiro atoms. The molecule has 0 aliphatic carbocycles. The molecule has 298 valence electrons. The zero-order valence-corrected chi connectivity index (χ0v) is 29.3. The lowest BCUT2D eigenvalue weighted by molar-refractivity contribution is -0.390. The molecule has 3 rings (SSSR count). The van der Waals surface area contributed by atoms with Gasteiger partial charge in [0.05, 0.1) is 24.9 Å². The number of carbonyl (C=O) groups is 2. The van der Waals surface area contributed by atoms with Crippen molar-refractivity contribution in [3.8, 4) is 28.0 Å². The van der Waals surface area contributed by atoms with Gasteiger partial charge >= 0.3 is 35.9 Å². The lowest BCUT2D eigenvalue weighted by Crippen LogP contribution is -2.63. The number of rotatable bonds is 20. The Kier molecular flexibility index (Phi) is 15.3. The SMILES string of the molecule is CCCCCCC(C)OC(=O)c1ccc(-c2ccc(-c3ccc(OCCCCCCOC(=O)C(F)(F)C(F)(F)C(F)(F)C(F)(F)F)cc3)cc2)c(F)c1F. The highest BCUT2D eigenvalue weighted by atomic mass is 19.4. The minimum Gasteiger partial charge on any atom is -0.494 e. The second kappa shape index (κ2) is 18.8. The number of ether oxygens (including phenoxy) is 3. The predicted molar refractivity (Wildman–Crippen MR) is 177 cm³/mol. The second-order valence-electron chi connectivity index (χ2n) is 12.6. The molecule has 0 N–H and O–H groups in total. The summed E-state index contributed by atoms with van der Waals surface area (Å²) in [6.45, 7) is 3.05. The number of unbranched alkanes of at least 4 members (excludes halogenated alkanes) is 6. The molecule has 0 bridgehead atoms. The molecule has 0 aliphatic heterocycles. The normalized spacial score (nSPS) is 13.1. The fraction of sp³-hybridized carbons (Fsp3) is 0.474. The summed E-state index contributed by atoms with van der Waals surface area (Å²) in [6.07, 6.45) is -2.08. The van der Waals surface area contributed by atoms with Crippen molar-refractivity contribution in [2.45, 2.75) is 102 Å². The first-order valence-corrected chi connectivity index (χ1v) is 17.2. The van der Waals surface area contributed by atoms with Crippen LogP contribution in [0.3, 0.4) is 0 Å². The van der Waals surface area contributed by atoms with Gasteiger partial charge in [0.1, 0.15) is 5.75 Å². The van der Waals surface area contributed by atoms with Gasteiger partial charge < -0.3 is 14.2 Å². The van der Waals surface area contributed by atoms with Gasteiger partial charge in [0, 0.05) is 5.56 Å². The number of alkyl halides is 9. The van der Waals surface area contributed by atoms with Crippen LogP contribution in [0.25, 0.3) is 22.3 Å². The maximum absolute atomic E-state index is 15.1. The standard InChI is InChI=1S/C38H39F11O5/c1-3-4-5-8-11-24(2)54-33(50)30-21-20-29(31(39)32(30)40)27-14-12-25(13-15-27)26-16-18-28(19-17-26)52-22-9-6-7-10-23-53-34(51)35(41,42)36(43,44)37(45,46)38(47,48)49/h12-21,24H,3-11,22-23H2,1-2H3. The lowest BCUT2D eigenvalue weighted by atomic mass is 9.98. The summed E-state index contributed by atoms with van der Waals surface area (Å²) >= 11 is 0. The highest BCUT2D eigenvalue weighted by Gasteiger charge is 2.84. The molecule has 0 aliphatic rings. The maximum Gasteiger partial charge on any atom is 0.460 e. The lowest BCUT2D eigenvalue weighted by Gasteiger charge is -2.32. The van der Waals surface area contributed by atoms with Crippen LogP contribution < -0.4 is 4.74 Å². The van der Waals surface area contributed by atoms with Crippen LogP contribution in [0.2, 0.25) is 0 Å². The van der Waals surface area contributed by atoms with Gasteiger partial charge in [0.2, 0.25) is 0 Å². The molecule has 0 fully saturated rings. The van der Waals surface area contributed by atoms with Crippen LogP contribution in [0, 0.1) is 11.6 Å². The predicted octanol–water partition coefficient (Wildman–Crippen LogP) is 11.8. The average molecular weight is 785 g/mol. The van der Waals surface area contributed by atoms with E-state index in [9.17, 15) is 53.5 Å². The van der Waals surface area contributed by atoms with Gasteiger partial charge in [0.25, 0.3) is 0 Å². The third-order valence-corrected chi connectivity index (χ3v) is 8.40. The Morgan fingerprint density at radius 1 is 0.630 bits per heavy atom. The molecular weight excluding hydrogens is 745 g/mol. The van der Waals surface area contributed by atoms with Crippen molar-refractivity contribution in [1.82, 2.24) is 0 Å². The summed E-state index contributed by atoms with van der Waals surface area (Å²) in [5, 5.41) is 0. The summed E-state index contributed by atoms with van der Waals surface area (Å²) in [5.74, 6) is -26.8. The van der Waals surface area contributed by atoms with Gasteiger partial charge in [-0.05, 0) is 80.3 Å². The fourth-order valence-electron chi connectivity index (χ4n) is 5.19. The number of halogens is 11. The molecule has 3 aromatic carbocycles. The van der Waals surface area contributed by atoms with Crippen LogP contribution >= 0.6 is 0 Å². The van der Waals surface area contributed by atoms with Crippen molar-refractivity contribution in [2.75, 3.05) is 13.2 Å².